The summed E-state index contributed by atoms with van der Waals surface area (Å²) in [6.45, 7) is 0. The van der Waals surface area contributed by atoms with E-state index in [1.807, 2.05) is 18.2 Å². The Kier molecular flexibility index (Phi) is 3.52. The van der Waals surface area contributed by atoms with Crippen molar-refractivity contribution in [1.29, 1.82) is 15.8 Å². The van der Waals surface area contributed by atoms with Crippen LogP contribution in [0, 0.1) is 34.0 Å². The van der Waals surface area contributed by atoms with Gasteiger partial charge in [-0.25, -0.2) is 0 Å². The number of benzene rings is 2. The fourth-order valence-electron chi connectivity index (χ4n) is 1.73. The van der Waals surface area contributed by atoms with E-state index in [9.17, 15) is 0 Å². The van der Waals surface area contributed by atoms with E-state index in [1.54, 1.807) is 36.4 Å². The monoisotopic (exact) mass is 259 g/mol. The van der Waals surface area contributed by atoms with Crippen molar-refractivity contribution < 1.29 is 0 Å². The third-order valence-electron chi connectivity index (χ3n) is 2.70. The Bertz CT molecular complexity index is 787. The van der Waals surface area contributed by atoms with E-state index in [0.29, 0.717) is 28.2 Å². The number of nitriles is 3. The zero-order chi connectivity index (χ0) is 14.5. The molecule has 0 bridgehead atoms. The van der Waals surface area contributed by atoms with Gasteiger partial charge in [0.25, 0.3) is 0 Å². The molecule has 2 rings (SSSR count). The van der Waals surface area contributed by atoms with Crippen LogP contribution in [0.15, 0.2) is 36.4 Å². The van der Waals surface area contributed by atoms with Gasteiger partial charge in [-0.3, -0.25) is 0 Å². The van der Waals surface area contributed by atoms with Gasteiger partial charge in [-0.15, -0.1) is 0 Å². The van der Waals surface area contributed by atoms with Gasteiger partial charge in [0.15, 0.2) is 0 Å². The largest absolute Gasteiger partial charge is 0.399 e. The Balaban J connectivity index is 2.39. The minimum Gasteiger partial charge on any atom is -0.399 e. The first-order valence-electron chi connectivity index (χ1n) is 5.69. The second-order valence-corrected chi connectivity index (χ2v) is 4.03. The normalized spacial score (nSPS) is 9.05. The second kappa shape index (κ2) is 5.44. The van der Waals surface area contributed by atoms with Crippen molar-refractivity contribution in [2.24, 2.45) is 0 Å². The Morgan fingerprint density at radius 3 is 2.15 bits per heavy atom. The number of hydrogen-bond acceptors (Lipinski definition) is 5. The molecule has 0 fully saturated rings. The number of anilines is 3. The molecule has 2 aromatic carbocycles. The molecule has 5 heteroatoms. The van der Waals surface area contributed by atoms with E-state index in [-0.39, 0.29) is 5.56 Å². The second-order valence-electron chi connectivity index (χ2n) is 4.03. The van der Waals surface area contributed by atoms with Gasteiger partial charge >= 0.3 is 0 Å². The third-order valence-corrected chi connectivity index (χ3v) is 2.70. The summed E-state index contributed by atoms with van der Waals surface area (Å²) < 4.78 is 0. The van der Waals surface area contributed by atoms with Crippen LogP contribution < -0.4 is 11.1 Å². The Labute approximate surface area is 116 Å². The molecule has 0 aliphatic rings. The van der Waals surface area contributed by atoms with Gasteiger partial charge in [0.05, 0.1) is 22.4 Å². The summed E-state index contributed by atoms with van der Waals surface area (Å²) in [6.07, 6.45) is 0. The van der Waals surface area contributed by atoms with Gasteiger partial charge < -0.3 is 11.1 Å². The predicted octanol–water partition coefficient (Wildman–Crippen LogP) is 2.63. The predicted molar refractivity (Wildman–Crippen MR) is 74.7 cm³/mol. The summed E-state index contributed by atoms with van der Waals surface area (Å²) >= 11 is 0. The van der Waals surface area contributed by atoms with Crippen molar-refractivity contribution in [3.63, 3.8) is 0 Å². The number of nitrogens with one attached hydrogen (secondary N) is 1. The SMILES string of the molecule is N#Cc1ccc(Nc2ccc(N)cc2C#N)cc1C#N. The number of hydrogen-bond donors (Lipinski definition) is 2. The van der Waals surface area contributed by atoms with Crippen LogP contribution in [0.4, 0.5) is 17.1 Å². The van der Waals surface area contributed by atoms with Crippen LogP contribution in [0.2, 0.25) is 0 Å². The van der Waals surface area contributed by atoms with Crippen LogP contribution in [-0.4, -0.2) is 0 Å². The van der Waals surface area contributed by atoms with E-state index in [1.165, 1.54) is 0 Å². The Hall–Kier alpha value is -3.49. The molecule has 0 saturated carbocycles. The number of nitrogens with zero attached hydrogens (tertiary/aromatic N) is 3. The summed E-state index contributed by atoms with van der Waals surface area (Å²) in [4.78, 5) is 0. The van der Waals surface area contributed by atoms with Crippen molar-refractivity contribution >= 4 is 17.1 Å². The number of nitrogens with two attached hydrogens (primary N) is 1. The molecule has 0 atom stereocenters. The highest BCUT2D eigenvalue weighted by Gasteiger charge is 2.06. The highest BCUT2D eigenvalue weighted by molar-refractivity contribution is 5.70. The van der Waals surface area contributed by atoms with Crippen LogP contribution in [0.3, 0.4) is 0 Å². The van der Waals surface area contributed by atoms with Crippen LogP contribution in [-0.2, 0) is 0 Å². The molecule has 0 aromatic heterocycles. The van der Waals surface area contributed by atoms with E-state index >= 15 is 0 Å². The fourth-order valence-corrected chi connectivity index (χ4v) is 1.73. The standard InChI is InChI=1S/C15H9N5/c16-7-10-1-3-14(6-11(10)8-17)20-15-4-2-13(19)5-12(15)9-18/h1-6,20H,19H2. The Morgan fingerprint density at radius 2 is 1.50 bits per heavy atom. The lowest BCUT2D eigenvalue weighted by atomic mass is 10.1. The van der Waals surface area contributed by atoms with Gasteiger partial charge in [-0.05, 0) is 36.4 Å². The van der Waals surface area contributed by atoms with Crippen LogP contribution >= 0.6 is 0 Å². The molecule has 0 aliphatic heterocycles. The Morgan fingerprint density at radius 1 is 0.800 bits per heavy atom. The molecule has 0 aliphatic carbocycles. The molecule has 3 N–H and O–H groups in total. The fraction of sp³-hybridized carbons (Fsp3) is 0. The molecular formula is C15H9N5. The van der Waals surface area contributed by atoms with Gasteiger partial charge in [0.2, 0.25) is 0 Å². The first-order chi connectivity index (χ1) is 9.67. The lowest BCUT2D eigenvalue weighted by Crippen LogP contribution is -1.96. The summed E-state index contributed by atoms with van der Waals surface area (Å²) in [7, 11) is 0. The molecule has 0 heterocycles. The van der Waals surface area contributed by atoms with Crippen LogP contribution in [0.25, 0.3) is 0 Å². The molecule has 0 spiro atoms. The quantitative estimate of drug-likeness (QED) is 0.805. The average molecular weight is 259 g/mol. The molecule has 0 radical (unpaired) electrons. The summed E-state index contributed by atoms with van der Waals surface area (Å²) in [5, 5.41) is 29.9. The van der Waals surface area contributed by atoms with Gasteiger partial charge in [-0.2, -0.15) is 15.8 Å². The minimum absolute atomic E-state index is 0.284. The molecule has 0 amide bonds. The van der Waals surface area contributed by atoms with E-state index in [2.05, 4.69) is 5.32 Å². The summed E-state index contributed by atoms with van der Waals surface area (Å²) in [5.41, 5.74) is 8.36. The number of rotatable bonds is 2. The molecule has 2 aromatic rings. The molecule has 0 saturated heterocycles. The van der Waals surface area contributed by atoms with Crippen LogP contribution in [0.1, 0.15) is 16.7 Å². The maximum Gasteiger partial charge on any atom is 0.101 e. The minimum atomic E-state index is 0.284. The highest BCUT2D eigenvalue weighted by Crippen LogP contribution is 2.24. The first kappa shape index (κ1) is 13.0. The first-order valence-corrected chi connectivity index (χ1v) is 5.69. The third kappa shape index (κ3) is 2.51. The van der Waals surface area contributed by atoms with Gasteiger partial charge in [-0.1, -0.05) is 0 Å². The molecule has 0 unspecified atom stereocenters. The maximum atomic E-state index is 9.06. The van der Waals surface area contributed by atoms with Crippen molar-refractivity contribution in [1.82, 2.24) is 0 Å². The van der Waals surface area contributed by atoms with Crippen LogP contribution in [0.5, 0.6) is 0 Å². The van der Waals surface area contributed by atoms with E-state index < -0.39 is 0 Å². The average Bonchev–Trinajstić information content (AvgIpc) is 2.48. The molecule has 5 nitrogen and oxygen atoms in total. The molecule has 94 valence electrons. The molecule has 20 heavy (non-hydrogen) atoms. The topological polar surface area (TPSA) is 109 Å². The smallest absolute Gasteiger partial charge is 0.101 e. The van der Waals surface area contributed by atoms with E-state index in [0.717, 1.165) is 0 Å². The van der Waals surface area contributed by atoms with Gasteiger partial charge in [0, 0.05) is 11.4 Å². The summed E-state index contributed by atoms with van der Waals surface area (Å²) in [6, 6.07) is 15.7. The maximum absolute atomic E-state index is 9.06. The lowest BCUT2D eigenvalue weighted by molar-refractivity contribution is 1.42. The van der Waals surface area contributed by atoms with Crippen molar-refractivity contribution in [2.45, 2.75) is 0 Å². The van der Waals surface area contributed by atoms with Crippen molar-refractivity contribution in [3.05, 3.63) is 53.1 Å². The lowest BCUT2D eigenvalue weighted by Gasteiger charge is -2.09. The number of nitrogen functional groups attached to an aromatic ring is 1. The zero-order valence-electron chi connectivity index (χ0n) is 10.4. The van der Waals surface area contributed by atoms with E-state index in [4.69, 9.17) is 21.5 Å². The van der Waals surface area contributed by atoms with Crippen molar-refractivity contribution in [2.75, 3.05) is 11.1 Å². The van der Waals surface area contributed by atoms with Gasteiger partial charge in [0.1, 0.15) is 18.2 Å². The molecular weight excluding hydrogens is 250 g/mol. The zero-order valence-corrected chi connectivity index (χ0v) is 10.4. The highest BCUT2D eigenvalue weighted by atomic mass is 14.9. The van der Waals surface area contributed by atoms with Crippen molar-refractivity contribution in [3.8, 4) is 18.2 Å². The summed E-state index contributed by atoms with van der Waals surface area (Å²) in [5.74, 6) is 0.